The summed E-state index contributed by atoms with van der Waals surface area (Å²) in [6, 6.07) is 3.82. The monoisotopic (exact) mass is 401 g/mol. The molecule has 0 aliphatic carbocycles. The number of allylic oxidation sites excluding steroid dienone is 1. The van der Waals surface area contributed by atoms with Crippen molar-refractivity contribution in [3.8, 4) is 10.6 Å². The number of halogens is 1. The molecule has 0 bridgehead atoms. The number of nitrogens with one attached hydrogen (secondary N) is 1. The van der Waals surface area contributed by atoms with Gasteiger partial charge in [0.25, 0.3) is 5.91 Å². The van der Waals surface area contributed by atoms with Gasteiger partial charge >= 0.3 is 0 Å². The molecule has 4 heterocycles. The lowest BCUT2D eigenvalue weighted by molar-refractivity contribution is -0.414. The molecule has 2 aromatic rings. The summed E-state index contributed by atoms with van der Waals surface area (Å²) < 4.78 is 13.4. The number of nitrogens with two attached hydrogens (primary N) is 1. The van der Waals surface area contributed by atoms with Crippen LogP contribution < -0.4 is 15.6 Å². The smallest absolute Gasteiger partial charge is 0.270 e. The average molecular weight is 401 g/mol. The maximum atomic E-state index is 13.4. The number of hydrogen-bond donors (Lipinski definition) is 2. The van der Waals surface area contributed by atoms with Crippen LogP contribution in [0.4, 0.5) is 10.2 Å². The Kier molecular flexibility index (Phi) is 5.08. The average Bonchev–Trinajstić information content (AvgIpc) is 3.34. The number of carbonyl (C=O) groups is 1. The highest BCUT2D eigenvalue weighted by Gasteiger charge is 2.31. The highest BCUT2D eigenvalue weighted by Crippen LogP contribution is 2.33. The van der Waals surface area contributed by atoms with Crippen LogP contribution in [-0.2, 0) is 6.42 Å². The molecule has 4 rings (SSSR count). The number of fused-ring (bicyclic) bond motifs is 1. The maximum absolute atomic E-state index is 13.4. The van der Waals surface area contributed by atoms with E-state index in [9.17, 15) is 9.18 Å². The summed E-state index contributed by atoms with van der Waals surface area (Å²) in [6.45, 7) is 1.61. The van der Waals surface area contributed by atoms with Gasteiger partial charge < -0.3 is 15.5 Å². The number of amides is 1. The third-order valence-electron chi connectivity index (χ3n) is 4.93. The van der Waals surface area contributed by atoms with Gasteiger partial charge in [0.2, 0.25) is 0 Å². The van der Waals surface area contributed by atoms with Crippen molar-refractivity contribution in [3.05, 3.63) is 40.8 Å². The number of nitrogens with zero attached hydrogens (tertiary/aromatic N) is 4. The van der Waals surface area contributed by atoms with Gasteiger partial charge in [-0.2, -0.15) is 0 Å². The molecule has 0 radical (unpaired) electrons. The lowest BCUT2D eigenvalue weighted by atomic mass is 10.1. The van der Waals surface area contributed by atoms with E-state index >= 15 is 0 Å². The van der Waals surface area contributed by atoms with Crippen LogP contribution >= 0.6 is 11.3 Å². The molecule has 0 spiro atoms. The van der Waals surface area contributed by atoms with Crippen molar-refractivity contribution < 1.29 is 14.2 Å². The van der Waals surface area contributed by atoms with Crippen molar-refractivity contribution in [3.63, 3.8) is 0 Å². The Morgan fingerprint density at radius 2 is 2.29 bits per heavy atom. The SMILES string of the molecule is C[NH+]=C/C(=C\N)N1CCc2nc(-c3ccc(N4CC[C@H](F)C4)nc3)sc2C1=O. The van der Waals surface area contributed by atoms with Gasteiger partial charge in [0.1, 0.15) is 34.6 Å². The first-order chi connectivity index (χ1) is 13.6. The predicted molar refractivity (Wildman–Crippen MR) is 107 cm³/mol. The third kappa shape index (κ3) is 3.37. The van der Waals surface area contributed by atoms with Gasteiger partial charge in [-0.1, -0.05) is 0 Å². The van der Waals surface area contributed by atoms with Crippen LogP contribution in [0.15, 0.2) is 30.2 Å². The minimum atomic E-state index is -0.784. The summed E-state index contributed by atoms with van der Waals surface area (Å²) in [6.07, 6.45) is 5.30. The molecule has 3 N–H and O–H groups in total. The van der Waals surface area contributed by atoms with Gasteiger partial charge in [0.15, 0.2) is 6.21 Å². The first-order valence-corrected chi connectivity index (χ1v) is 10.0. The number of alkyl halides is 1. The van der Waals surface area contributed by atoms with Gasteiger partial charge in [-0.05, 0) is 18.6 Å². The van der Waals surface area contributed by atoms with E-state index in [4.69, 9.17) is 5.73 Å². The van der Waals surface area contributed by atoms with E-state index in [-0.39, 0.29) is 5.91 Å². The second-order valence-electron chi connectivity index (χ2n) is 6.76. The van der Waals surface area contributed by atoms with Crippen molar-refractivity contribution in [1.29, 1.82) is 0 Å². The number of pyridine rings is 1. The Balaban J connectivity index is 1.57. The van der Waals surface area contributed by atoms with Gasteiger partial charge in [0, 0.05) is 37.5 Å². The van der Waals surface area contributed by atoms with Crippen molar-refractivity contribution in [2.75, 3.05) is 31.6 Å². The Bertz CT molecular complexity index is 938. The van der Waals surface area contributed by atoms with Crippen LogP contribution in [0.25, 0.3) is 10.6 Å². The predicted octanol–water partition coefficient (Wildman–Crippen LogP) is 0.333. The van der Waals surface area contributed by atoms with E-state index < -0.39 is 6.17 Å². The molecular weight excluding hydrogens is 379 g/mol. The molecule has 0 saturated carbocycles. The summed E-state index contributed by atoms with van der Waals surface area (Å²) in [5, 5.41) is 0.764. The molecule has 1 saturated heterocycles. The fourth-order valence-corrected chi connectivity index (χ4v) is 4.54. The second kappa shape index (κ2) is 7.67. The third-order valence-corrected chi connectivity index (χ3v) is 6.07. The summed E-state index contributed by atoms with van der Waals surface area (Å²) in [7, 11) is 1.76. The molecule has 2 aliphatic rings. The van der Waals surface area contributed by atoms with Gasteiger partial charge in [-0.3, -0.25) is 4.79 Å². The van der Waals surface area contributed by atoms with Crippen LogP contribution in [-0.4, -0.2) is 59.8 Å². The number of thiazole rings is 1. The number of carbonyl (C=O) groups excluding carboxylic acids is 1. The first kappa shape index (κ1) is 18.5. The van der Waals surface area contributed by atoms with Crippen molar-refractivity contribution in [2.24, 2.45) is 5.73 Å². The Morgan fingerprint density at radius 3 is 2.93 bits per heavy atom. The van der Waals surface area contributed by atoms with Crippen LogP contribution in [0.3, 0.4) is 0 Å². The minimum absolute atomic E-state index is 0.0937. The van der Waals surface area contributed by atoms with Gasteiger partial charge in [-0.15, -0.1) is 11.3 Å². The molecule has 1 fully saturated rings. The highest BCUT2D eigenvalue weighted by atomic mass is 32.1. The van der Waals surface area contributed by atoms with Crippen molar-refractivity contribution >= 4 is 29.3 Å². The summed E-state index contributed by atoms with van der Waals surface area (Å²) in [4.78, 5) is 29.2. The second-order valence-corrected chi connectivity index (χ2v) is 7.76. The summed E-state index contributed by atoms with van der Waals surface area (Å²) >= 11 is 1.37. The number of rotatable bonds is 4. The topological polar surface area (TPSA) is 89.3 Å². The molecule has 1 amide bonds. The molecule has 0 aromatic carbocycles. The van der Waals surface area contributed by atoms with Crippen molar-refractivity contribution in [2.45, 2.75) is 19.0 Å². The minimum Gasteiger partial charge on any atom is -0.403 e. The Hall–Kier alpha value is -2.81. The van der Waals surface area contributed by atoms with Crippen LogP contribution in [0.1, 0.15) is 21.8 Å². The zero-order valence-corrected chi connectivity index (χ0v) is 16.4. The molecule has 0 unspecified atom stereocenters. The van der Waals surface area contributed by atoms with E-state index in [0.717, 1.165) is 22.1 Å². The number of anilines is 1. The van der Waals surface area contributed by atoms with E-state index in [2.05, 4.69) is 15.0 Å². The largest absolute Gasteiger partial charge is 0.403 e. The molecule has 146 valence electrons. The molecule has 1 atom stereocenters. The lowest BCUT2D eigenvalue weighted by Crippen LogP contribution is -2.64. The first-order valence-electron chi connectivity index (χ1n) is 9.20. The van der Waals surface area contributed by atoms with E-state index in [1.54, 1.807) is 24.4 Å². The number of aromatic nitrogens is 2. The molecular formula is C19H22FN6OS+. The van der Waals surface area contributed by atoms with Crippen LogP contribution in [0.5, 0.6) is 0 Å². The maximum Gasteiger partial charge on any atom is 0.270 e. The van der Waals surface area contributed by atoms with Crippen molar-refractivity contribution in [1.82, 2.24) is 14.9 Å². The lowest BCUT2D eigenvalue weighted by Gasteiger charge is -2.24. The molecule has 2 aliphatic heterocycles. The van der Waals surface area contributed by atoms with Crippen LogP contribution in [0.2, 0.25) is 0 Å². The molecule has 2 aromatic heterocycles. The fourth-order valence-electron chi connectivity index (χ4n) is 3.49. The van der Waals surface area contributed by atoms with Crippen LogP contribution in [0, 0.1) is 0 Å². The highest BCUT2D eigenvalue weighted by molar-refractivity contribution is 7.17. The standard InChI is InChI=1S/C19H21FN6OS/c1-22-10-14(8-21)26-7-5-15-17(19(26)27)28-18(24-15)12-2-3-16(23-9-12)25-6-4-13(20)11-25/h2-3,8-10,13H,4-7,11,21H2,1H3/p+1/b14-8+,22-10?/t13-/m0/s1. The van der Waals surface area contributed by atoms with E-state index in [0.29, 0.717) is 43.1 Å². The summed E-state index contributed by atoms with van der Waals surface area (Å²) in [5.74, 6) is 0.677. The fraction of sp³-hybridized carbons (Fsp3) is 0.368. The van der Waals surface area contributed by atoms with Gasteiger partial charge in [0.05, 0.1) is 12.2 Å². The normalized spacial score (nSPS) is 20.3. The zero-order chi connectivity index (χ0) is 19.7. The quantitative estimate of drug-likeness (QED) is 0.721. The summed E-state index contributed by atoms with van der Waals surface area (Å²) in [5.41, 5.74) is 7.97. The Morgan fingerprint density at radius 1 is 1.43 bits per heavy atom. The van der Waals surface area contributed by atoms with E-state index in [1.807, 2.05) is 17.0 Å². The Labute approximate surface area is 166 Å². The zero-order valence-electron chi connectivity index (χ0n) is 15.6. The van der Waals surface area contributed by atoms with E-state index in [1.165, 1.54) is 17.5 Å². The molecule has 7 nitrogen and oxygen atoms in total. The van der Waals surface area contributed by atoms with Gasteiger partial charge in [-0.25, -0.2) is 19.4 Å². The molecule has 9 heteroatoms. The molecule has 28 heavy (non-hydrogen) atoms. The number of hydrogen-bond acceptors (Lipinski definition) is 6.